The second-order valence-corrected chi connectivity index (χ2v) is 6.14. The summed E-state index contributed by atoms with van der Waals surface area (Å²) in [6.07, 6.45) is 2.08. The second kappa shape index (κ2) is 8.15. The number of amides is 1. The molecule has 1 aliphatic rings. The summed E-state index contributed by atoms with van der Waals surface area (Å²) < 4.78 is 0. The van der Waals surface area contributed by atoms with Crippen molar-refractivity contribution >= 4 is 5.91 Å². The third-order valence-electron chi connectivity index (χ3n) is 3.87. The molecule has 1 fully saturated rings. The Balaban J connectivity index is 1.67. The first-order chi connectivity index (χ1) is 10.1. The summed E-state index contributed by atoms with van der Waals surface area (Å²) in [5.41, 5.74) is 1.36. The zero-order chi connectivity index (χ0) is 15.1. The number of rotatable bonds is 6. The molecule has 2 rings (SSSR count). The molecule has 0 aliphatic carbocycles. The maximum Gasteiger partial charge on any atom is 0.234 e. The first-order valence-electron chi connectivity index (χ1n) is 7.92. The van der Waals surface area contributed by atoms with Crippen molar-refractivity contribution in [2.75, 3.05) is 19.6 Å². The molecule has 0 unspecified atom stereocenters. The molecule has 1 aromatic rings. The van der Waals surface area contributed by atoms with E-state index in [2.05, 4.69) is 59.7 Å². The van der Waals surface area contributed by atoms with E-state index in [1.54, 1.807) is 0 Å². The van der Waals surface area contributed by atoms with Crippen LogP contribution in [0.1, 0.15) is 32.3 Å². The molecule has 0 bridgehead atoms. The largest absolute Gasteiger partial charge is 0.352 e. The normalized spacial score (nSPS) is 17.1. The molecule has 1 heterocycles. The maximum absolute atomic E-state index is 11.8. The quantitative estimate of drug-likeness (QED) is 0.839. The summed E-state index contributed by atoms with van der Waals surface area (Å²) in [4.78, 5) is 14.3. The molecule has 1 saturated heterocycles. The zero-order valence-electron chi connectivity index (χ0n) is 13.1. The number of piperidine rings is 1. The zero-order valence-corrected chi connectivity index (χ0v) is 13.1. The molecule has 1 amide bonds. The predicted molar refractivity (Wildman–Crippen MR) is 86.0 cm³/mol. The van der Waals surface area contributed by atoms with E-state index in [0.29, 0.717) is 18.6 Å². The molecule has 2 N–H and O–H groups in total. The first kappa shape index (κ1) is 16.0. The van der Waals surface area contributed by atoms with Crippen molar-refractivity contribution in [3.05, 3.63) is 35.9 Å². The number of carbonyl (C=O) groups excluding carboxylic acids is 1. The molecular formula is C17H27N3O. The number of carbonyl (C=O) groups is 1. The van der Waals surface area contributed by atoms with E-state index in [9.17, 15) is 4.79 Å². The molecule has 0 radical (unpaired) electrons. The Morgan fingerprint density at radius 1 is 1.24 bits per heavy atom. The highest BCUT2D eigenvalue weighted by molar-refractivity contribution is 5.78. The highest BCUT2D eigenvalue weighted by Gasteiger charge is 2.20. The lowest BCUT2D eigenvalue weighted by Gasteiger charge is -2.32. The molecule has 4 heteroatoms. The van der Waals surface area contributed by atoms with Gasteiger partial charge in [-0.05, 0) is 18.4 Å². The molecule has 116 valence electrons. The van der Waals surface area contributed by atoms with Gasteiger partial charge in [0.1, 0.15) is 0 Å². The highest BCUT2D eigenvalue weighted by atomic mass is 16.2. The lowest BCUT2D eigenvalue weighted by atomic mass is 10.0. The summed E-state index contributed by atoms with van der Waals surface area (Å²) >= 11 is 0. The Morgan fingerprint density at radius 2 is 1.90 bits per heavy atom. The fraction of sp³-hybridized carbons (Fsp3) is 0.588. The van der Waals surface area contributed by atoms with Gasteiger partial charge in [-0.3, -0.25) is 9.69 Å². The maximum atomic E-state index is 11.8. The minimum atomic E-state index is 0.116. The Hall–Kier alpha value is -1.39. The Kier molecular flexibility index (Phi) is 6.21. The van der Waals surface area contributed by atoms with Crippen LogP contribution in [0, 0.1) is 0 Å². The summed E-state index contributed by atoms with van der Waals surface area (Å²) in [5.74, 6) is 0.116. The van der Waals surface area contributed by atoms with Crippen molar-refractivity contribution in [1.29, 1.82) is 0 Å². The summed E-state index contributed by atoms with van der Waals surface area (Å²) in [5, 5.41) is 6.28. The van der Waals surface area contributed by atoms with E-state index in [-0.39, 0.29) is 5.91 Å². The van der Waals surface area contributed by atoms with Crippen molar-refractivity contribution in [1.82, 2.24) is 15.5 Å². The number of nitrogens with zero attached hydrogens (tertiary/aromatic N) is 1. The lowest BCUT2D eigenvalue weighted by Crippen LogP contribution is -2.47. The van der Waals surface area contributed by atoms with Crippen LogP contribution in [0.25, 0.3) is 0 Å². The van der Waals surface area contributed by atoms with Crippen LogP contribution in [-0.4, -0.2) is 42.5 Å². The number of likely N-dealkylation sites (tertiary alicyclic amines) is 1. The van der Waals surface area contributed by atoms with E-state index < -0.39 is 0 Å². The van der Waals surface area contributed by atoms with Gasteiger partial charge in [-0.25, -0.2) is 0 Å². The van der Waals surface area contributed by atoms with Crippen LogP contribution < -0.4 is 10.6 Å². The summed E-state index contributed by atoms with van der Waals surface area (Å²) in [6, 6.07) is 11.3. The van der Waals surface area contributed by atoms with Crippen molar-refractivity contribution < 1.29 is 4.79 Å². The van der Waals surface area contributed by atoms with E-state index in [4.69, 9.17) is 0 Å². The molecule has 1 aromatic carbocycles. The minimum Gasteiger partial charge on any atom is -0.352 e. The van der Waals surface area contributed by atoms with Gasteiger partial charge in [0.2, 0.25) is 5.91 Å². The molecule has 21 heavy (non-hydrogen) atoms. The average molecular weight is 289 g/mol. The third kappa shape index (κ3) is 5.86. The van der Waals surface area contributed by atoms with Gasteiger partial charge in [0, 0.05) is 31.7 Å². The SMILES string of the molecule is CC(C)NCC(=O)NC1CCN(Cc2ccccc2)CC1. The van der Waals surface area contributed by atoms with Crippen LogP contribution in [0.4, 0.5) is 0 Å². The van der Waals surface area contributed by atoms with Crippen LogP contribution in [0.3, 0.4) is 0 Å². The van der Waals surface area contributed by atoms with Crippen LogP contribution in [0.2, 0.25) is 0 Å². The number of hydrogen-bond donors (Lipinski definition) is 2. The van der Waals surface area contributed by atoms with Gasteiger partial charge in [0.05, 0.1) is 6.54 Å². The van der Waals surface area contributed by atoms with Gasteiger partial charge in [0.25, 0.3) is 0 Å². The smallest absolute Gasteiger partial charge is 0.234 e. The van der Waals surface area contributed by atoms with Crippen molar-refractivity contribution in [3.63, 3.8) is 0 Å². The minimum absolute atomic E-state index is 0.116. The van der Waals surface area contributed by atoms with Crippen LogP contribution in [0.15, 0.2) is 30.3 Å². The molecule has 0 atom stereocenters. The van der Waals surface area contributed by atoms with Gasteiger partial charge < -0.3 is 10.6 Å². The fourth-order valence-corrected chi connectivity index (χ4v) is 2.65. The first-order valence-corrected chi connectivity index (χ1v) is 7.92. The monoisotopic (exact) mass is 289 g/mol. The van der Waals surface area contributed by atoms with Crippen molar-refractivity contribution in [3.8, 4) is 0 Å². The molecular weight excluding hydrogens is 262 g/mol. The van der Waals surface area contributed by atoms with E-state index in [1.807, 2.05) is 0 Å². The summed E-state index contributed by atoms with van der Waals surface area (Å²) in [6.45, 7) is 7.64. The molecule has 4 nitrogen and oxygen atoms in total. The van der Waals surface area contributed by atoms with Crippen molar-refractivity contribution in [2.45, 2.75) is 45.3 Å². The van der Waals surface area contributed by atoms with E-state index in [1.165, 1.54) is 5.56 Å². The molecule has 0 aromatic heterocycles. The van der Waals surface area contributed by atoms with Gasteiger partial charge in [-0.2, -0.15) is 0 Å². The third-order valence-corrected chi connectivity index (χ3v) is 3.87. The van der Waals surface area contributed by atoms with E-state index in [0.717, 1.165) is 32.5 Å². The number of benzene rings is 1. The van der Waals surface area contributed by atoms with Crippen LogP contribution in [0.5, 0.6) is 0 Å². The highest BCUT2D eigenvalue weighted by Crippen LogP contribution is 2.13. The molecule has 1 aliphatic heterocycles. The Labute approximate surface area is 127 Å². The van der Waals surface area contributed by atoms with Crippen LogP contribution in [-0.2, 0) is 11.3 Å². The lowest BCUT2D eigenvalue weighted by molar-refractivity contribution is -0.121. The number of nitrogens with one attached hydrogen (secondary N) is 2. The van der Waals surface area contributed by atoms with Gasteiger partial charge in [0.15, 0.2) is 0 Å². The molecule has 0 saturated carbocycles. The molecule has 0 spiro atoms. The second-order valence-electron chi connectivity index (χ2n) is 6.14. The van der Waals surface area contributed by atoms with Gasteiger partial charge in [-0.15, -0.1) is 0 Å². The van der Waals surface area contributed by atoms with Gasteiger partial charge in [-0.1, -0.05) is 44.2 Å². The Morgan fingerprint density at radius 3 is 2.52 bits per heavy atom. The average Bonchev–Trinajstić information content (AvgIpc) is 2.48. The van der Waals surface area contributed by atoms with Gasteiger partial charge >= 0.3 is 0 Å². The van der Waals surface area contributed by atoms with E-state index >= 15 is 0 Å². The summed E-state index contributed by atoms with van der Waals surface area (Å²) in [7, 11) is 0. The predicted octanol–water partition coefficient (Wildman–Crippen LogP) is 1.77. The Bertz CT molecular complexity index is 425. The topological polar surface area (TPSA) is 44.4 Å². The van der Waals surface area contributed by atoms with Crippen molar-refractivity contribution in [2.24, 2.45) is 0 Å². The van der Waals surface area contributed by atoms with Crippen LogP contribution >= 0.6 is 0 Å². The fourth-order valence-electron chi connectivity index (χ4n) is 2.65. The standard InChI is InChI=1S/C17H27N3O/c1-14(2)18-12-17(21)19-16-8-10-20(11-9-16)13-15-6-4-3-5-7-15/h3-7,14,16,18H,8-13H2,1-2H3,(H,19,21). The number of hydrogen-bond acceptors (Lipinski definition) is 3.